The Morgan fingerprint density at radius 2 is 2.00 bits per heavy atom. The standard InChI is InChI=1S/C13H15N5O2S/c1-9-2-4-10(5-3-9)21(19,20)18-7-6-11-13(18)15-8-12(16-11)17-14/h2-5,8H,6-7,14H2,1H3,(H,16,17). The smallest absolute Gasteiger partial charge is 0.265 e. The Bertz CT molecular complexity index is 774. The van der Waals surface area contributed by atoms with Gasteiger partial charge in [-0.2, -0.15) is 0 Å². The van der Waals surface area contributed by atoms with Gasteiger partial charge in [-0.15, -0.1) is 0 Å². The number of nitrogens with zero attached hydrogens (tertiary/aromatic N) is 3. The van der Waals surface area contributed by atoms with Crippen molar-refractivity contribution in [1.82, 2.24) is 9.97 Å². The van der Waals surface area contributed by atoms with E-state index in [-0.39, 0.29) is 4.90 Å². The van der Waals surface area contributed by atoms with Crippen LogP contribution in [0.3, 0.4) is 0 Å². The molecule has 0 fully saturated rings. The highest BCUT2D eigenvalue weighted by molar-refractivity contribution is 7.92. The van der Waals surface area contributed by atoms with E-state index in [1.807, 2.05) is 6.92 Å². The largest absolute Gasteiger partial charge is 0.307 e. The van der Waals surface area contributed by atoms with E-state index in [9.17, 15) is 8.42 Å². The number of fused-ring (bicyclic) bond motifs is 1. The van der Waals surface area contributed by atoms with Crippen LogP contribution in [0.1, 0.15) is 11.3 Å². The molecule has 2 aromatic rings. The molecule has 2 heterocycles. The Morgan fingerprint density at radius 3 is 2.67 bits per heavy atom. The van der Waals surface area contributed by atoms with Crippen LogP contribution >= 0.6 is 0 Å². The van der Waals surface area contributed by atoms with E-state index in [4.69, 9.17) is 5.84 Å². The maximum absolute atomic E-state index is 12.7. The van der Waals surface area contributed by atoms with Gasteiger partial charge < -0.3 is 5.43 Å². The molecule has 7 nitrogen and oxygen atoms in total. The van der Waals surface area contributed by atoms with Gasteiger partial charge in [-0.05, 0) is 19.1 Å². The minimum absolute atomic E-state index is 0.253. The highest BCUT2D eigenvalue weighted by Gasteiger charge is 2.33. The van der Waals surface area contributed by atoms with Crippen LogP contribution in [0.4, 0.5) is 11.6 Å². The van der Waals surface area contributed by atoms with Crippen molar-refractivity contribution >= 4 is 21.7 Å². The number of nitrogen functional groups attached to an aromatic ring is 1. The average Bonchev–Trinajstić information content (AvgIpc) is 2.91. The third-order valence-electron chi connectivity index (χ3n) is 3.37. The van der Waals surface area contributed by atoms with Crippen molar-refractivity contribution in [2.75, 3.05) is 16.3 Å². The molecule has 0 saturated carbocycles. The molecule has 0 bridgehead atoms. The van der Waals surface area contributed by atoms with Gasteiger partial charge in [0, 0.05) is 13.0 Å². The Labute approximate surface area is 122 Å². The van der Waals surface area contributed by atoms with E-state index in [0.717, 1.165) is 5.56 Å². The van der Waals surface area contributed by atoms with E-state index in [0.29, 0.717) is 30.3 Å². The lowest BCUT2D eigenvalue weighted by molar-refractivity contribution is 0.592. The van der Waals surface area contributed by atoms with Crippen LogP contribution in [0.2, 0.25) is 0 Å². The summed E-state index contributed by atoms with van der Waals surface area (Å²) in [6, 6.07) is 6.76. The molecule has 0 saturated heterocycles. The summed E-state index contributed by atoms with van der Waals surface area (Å²) in [5.74, 6) is 6.07. The Kier molecular flexibility index (Phi) is 3.26. The zero-order valence-corrected chi connectivity index (χ0v) is 12.3. The summed E-state index contributed by atoms with van der Waals surface area (Å²) in [7, 11) is -3.61. The highest BCUT2D eigenvalue weighted by atomic mass is 32.2. The first-order valence-corrected chi connectivity index (χ1v) is 7.88. The quantitative estimate of drug-likeness (QED) is 0.643. The van der Waals surface area contributed by atoms with Gasteiger partial charge in [-0.25, -0.2) is 28.5 Å². The zero-order valence-electron chi connectivity index (χ0n) is 11.4. The SMILES string of the molecule is Cc1ccc(S(=O)(=O)N2CCc3nc(NN)cnc32)cc1. The predicted molar refractivity (Wildman–Crippen MR) is 79.3 cm³/mol. The number of sulfonamides is 1. The Morgan fingerprint density at radius 1 is 1.29 bits per heavy atom. The lowest BCUT2D eigenvalue weighted by Crippen LogP contribution is -2.29. The van der Waals surface area contributed by atoms with E-state index >= 15 is 0 Å². The number of hydrogen-bond acceptors (Lipinski definition) is 6. The molecule has 1 aliphatic heterocycles. The number of benzene rings is 1. The minimum atomic E-state index is -3.61. The van der Waals surface area contributed by atoms with Crippen molar-refractivity contribution in [3.63, 3.8) is 0 Å². The average molecular weight is 305 g/mol. The number of anilines is 2. The normalized spacial score (nSPS) is 14.1. The topological polar surface area (TPSA) is 101 Å². The molecular formula is C13H15N5O2S. The number of nitrogens with one attached hydrogen (secondary N) is 1. The fraction of sp³-hybridized carbons (Fsp3) is 0.231. The second kappa shape index (κ2) is 4.97. The van der Waals surface area contributed by atoms with Crippen molar-refractivity contribution < 1.29 is 8.42 Å². The van der Waals surface area contributed by atoms with Gasteiger partial charge in [0.05, 0.1) is 16.8 Å². The van der Waals surface area contributed by atoms with Crippen LogP contribution in [-0.4, -0.2) is 24.9 Å². The number of nitrogens with two attached hydrogens (primary N) is 1. The van der Waals surface area contributed by atoms with Crippen LogP contribution in [0, 0.1) is 6.92 Å². The molecule has 110 valence electrons. The number of hydrogen-bond donors (Lipinski definition) is 2. The fourth-order valence-electron chi connectivity index (χ4n) is 2.25. The maximum Gasteiger partial charge on any atom is 0.265 e. The first-order valence-electron chi connectivity index (χ1n) is 6.44. The third kappa shape index (κ3) is 2.32. The molecule has 0 spiro atoms. The Hall–Kier alpha value is -2.19. The van der Waals surface area contributed by atoms with Crippen molar-refractivity contribution in [2.45, 2.75) is 18.2 Å². The summed E-state index contributed by atoms with van der Waals surface area (Å²) in [6.07, 6.45) is 1.94. The third-order valence-corrected chi connectivity index (χ3v) is 5.17. The Balaban J connectivity index is 2.01. The molecule has 1 aliphatic rings. The number of rotatable bonds is 3. The number of hydrazine groups is 1. The lowest BCUT2D eigenvalue weighted by atomic mass is 10.2. The molecular weight excluding hydrogens is 290 g/mol. The van der Waals surface area contributed by atoms with Crippen LogP contribution < -0.4 is 15.6 Å². The van der Waals surface area contributed by atoms with Gasteiger partial charge in [0.1, 0.15) is 0 Å². The van der Waals surface area contributed by atoms with Gasteiger partial charge >= 0.3 is 0 Å². The molecule has 0 radical (unpaired) electrons. The molecule has 3 N–H and O–H groups in total. The molecule has 21 heavy (non-hydrogen) atoms. The van der Waals surface area contributed by atoms with Gasteiger partial charge in [0.2, 0.25) is 0 Å². The first-order chi connectivity index (χ1) is 10.0. The summed E-state index contributed by atoms with van der Waals surface area (Å²) in [6.45, 7) is 2.24. The highest BCUT2D eigenvalue weighted by Crippen LogP contribution is 2.30. The molecule has 0 atom stereocenters. The first kappa shape index (κ1) is 13.8. The summed E-state index contributed by atoms with van der Waals surface area (Å²) >= 11 is 0. The van der Waals surface area contributed by atoms with Crippen LogP contribution in [-0.2, 0) is 16.4 Å². The molecule has 0 aliphatic carbocycles. The minimum Gasteiger partial charge on any atom is -0.307 e. The van der Waals surface area contributed by atoms with Gasteiger partial charge in [0.15, 0.2) is 11.6 Å². The lowest BCUT2D eigenvalue weighted by Gasteiger charge is -2.18. The van der Waals surface area contributed by atoms with Crippen molar-refractivity contribution in [1.29, 1.82) is 0 Å². The van der Waals surface area contributed by atoms with Gasteiger partial charge in [-0.1, -0.05) is 17.7 Å². The van der Waals surface area contributed by atoms with Crippen LogP contribution in [0.25, 0.3) is 0 Å². The van der Waals surface area contributed by atoms with Crippen molar-refractivity contribution in [3.8, 4) is 0 Å². The number of aryl methyl sites for hydroxylation is 1. The van der Waals surface area contributed by atoms with Gasteiger partial charge in [-0.3, -0.25) is 0 Å². The summed E-state index contributed by atoms with van der Waals surface area (Å²) in [5.41, 5.74) is 4.04. The molecule has 8 heteroatoms. The summed E-state index contributed by atoms with van der Waals surface area (Å²) < 4.78 is 26.7. The van der Waals surface area contributed by atoms with Crippen molar-refractivity contribution in [3.05, 3.63) is 41.7 Å². The van der Waals surface area contributed by atoms with Gasteiger partial charge in [0.25, 0.3) is 10.0 Å². The van der Waals surface area contributed by atoms with E-state index in [1.165, 1.54) is 10.5 Å². The molecule has 0 amide bonds. The molecule has 1 aromatic carbocycles. The van der Waals surface area contributed by atoms with Crippen LogP contribution in [0.15, 0.2) is 35.4 Å². The zero-order chi connectivity index (χ0) is 15.0. The predicted octanol–water partition coefficient (Wildman–Crippen LogP) is 0.822. The number of aromatic nitrogens is 2. The van der Waals surface area contributed by atoms with Crippen LogP contribution in [0.5, 0.6) is 0 Å². The maximum atomic E-state index is 12.7. The summed E-state index contributed by atoms with van der Waals surface area (Å²) in [5, 5.41) is 0. The van der Waals surface area contributed by atoms with Crippen molar-refractivity contribution in [2.24, 2.45) is 5.84 Å². The van der Waals surface area contributed by atoms with E-state index in [1.54, 1.807) is 24.3 Å². The molecule has 3 rings (SSSR count). The second-order valence-corrected chi connectivity index (χ2v) is 6.67. The summed E-state index contributed by atoms with van der Waals surface area (Å²) in [4.78, 5) is 8.65. The molecule has 0 unspecified atom stereocenters. The fourth-order valence-corrected chi connectivity index (χ4v) is 3.70. The molecule has 1 aromatic heterocycles. The van der Waals surface area contributed by atoms with E-state index < -0.39 is 10.0 Å². The monoisotopic (exact) mass is 305 g/mol. The second-order valence-electron chi connectivity index (χ2n) is 4.81. The van der Waals surface area contributed by atoms with E-state index in [2.05, 4.69) is 15.4 Å².